The average Bonchev–Trinajstić information content (AvgIpc) is 3.39. The van der Waals surface area contributed by atoms with Crippen molar-refractivity contribution in [2.45, 2.75) is 19.1 Å². The third-order valence-corrected chi connectivity index (χ3v) is 4.88. The van der Waals surface area contributed by atoms with Crippen molar-refractivity contribution in [2.24, 2.45) is 0 Å². The maximum Gasteiger partial charge on any atom is 0.262 e. The normalized spacial score (nSPS) is 19.0. The number of halogens is 1. The Morgan fingerprint density at radius 2 is 1.96 bits per heavy atom. The van der Waals surface area contributed by atoms with Crippen molar-refractivity contribution in [3.63, 3.8) is 0 Å². The number of nitrogens with zero attached hydrogens (tertiary/aromatic N) is 7. The molecule has 27 heavy (non-hydrogen) atoms. The van der Waals surface area contributed by atoms with Crippen molar-refractivity contribution in [3.8, 4) is 5.69 Å². The van der Waals surface area contributed by atoms with Crippen molar-refractivity contribution < 1.29 is 9.18 Å². The predicted molar refractivity (Wildman–Crippen MR) is 95.6 cm³/mol. The first-order chi connectivity index (χ1) is 13.2. The summed E-state index contributed by atoms with van der Waals surface area (Å²) in [6, 6.07) is 3.74. The highest BCUT2D eigenvalue weighted by Gasteiger charge is 2.32. The third-order valence-electron chi connectivity index (χ3n) is 4.88. The summed E-state index contributed by atoms with van der Waals surface area (Å²) in [6.45, 7) is 1.44. The Morgan fingerprint density at radius 3 is 2.63 bits per heavy atom. The molecule has 5 rings (SSSR count). The average molecular weight is 365 g/mol. The zero-order valence-corrected chi connectivity index (χ0v) is 14.4. The number of fused-ring (bicyclic) bond motifs is 1. The molecule has 0 aliphatic carbocycles. The van der Waals surface area contributed by atoms with Crippen LogP contribution in [0, 0.1) is 0 Å². The molecule has 5 heterocycles. The van der Waals surface area contributed by atoms with Gasteiger partial charge in [-0.15, -0.1) is 0 Å². The number of rotatable bonds is 3. The van der Waals surface area contributed by atoms with E-state index in [1.807, 2.05) is 17.0 Å². The van der Waals surface area contributed by atoms with Crippen LogP contribution in [-0.4, -0.2) is 49.9 Å². The lowest BCUT2D eigenvalue weighted by molar-refractivity contribution is 0.0996. The molecule has 1 amide bonds. The molecule has 2 aliphatic heterocycles. The van der Waals surface area contributed by atoms with Gasteiger partial charge in [-0.1, -0.05) is 0 Å². The van der Waals surface area contributed by atoms with E-state index in [2.05, 4.69) is 20.1 Å². The Morgan fingerprint density at radius 1 is 1.11 bits per heavy atom. The number of carbonyl (C=O) groups is 1. The fourth-order valence-electron chi connectivity index (χ4n) is 3.47. The van der Waals surface area contributed by atoms with E-state index in [0.29, 0.717) is 43.0 Å². The van der Waals surface area contributed by atoms with Gasteiger partial charge in [0.15, 0.2) is 0 Å². The number of carbonyl (C=O) groups excluding carboxylic acids is 1. The molecule has 0 bridgehead atoms. The smallest absolute Gasteiger partial charge is 0.262 e. The first-order valence-electron chi connectivity index (χ1n) is 8.70. The minimum absolute atomic E-state index is 0.123. The number of pyridine rings is 1. The molecule has 3 aromatic rings. The summed E-state index contributed by atoms with van der Waals surface area (Å²) in [5, 5.41) is 4.53. The summed E-state index contributed by atoms with van der Waals surface area (Å²) in [6.07, 6.45) is 7.80. The fourth-order valence-corrected chi connectivity index (χ4v) is 3.47. The van der Waals surface area contributed by atoms with E-state index in [-0.39, 0.29) is 5.91 Å². The SMILES string of the molecule is O=C1c2cn(-c3ccc(N4CC[C@H](F)C4)nc3)nc2CN1c1cncnc1. The summed E-state index contributed by atoms with van der Waals surface area (Å²) in [5.74, 6) is 0.631. The van der Waals surface area contributed by atoms with Gasteiger partial charge >= 0.3 is 0 Å². The van der Waals surface area contributed by atoms with Crippen LogP contribution in [0.1, 0.15) is 22.5 Å². The highest BCUT2D eigenvalue weighted by atomic mass is 19.1. The second-order valence-corrected chi connectivity index (χ2v) is 6.63. The molecule has 1 atom stereocenters. The molecule has 2 aliphatic rings. The Labute approximate surface area is 154 Å². The summed E-state index contributed by atoms with van der Waals surface area (Å²) < 4.78 is 15.0. The van der Waals surface area contributed by atoms with Gasteiger partial charge < -0.3 is 4.90 Å². The Bertz CT molecular complexity index is 989. The van der Waals surface area contributed by atoms with Crippen LogP contribution in [0.4, 0.5) is 15.9 Å². The standard InChI is InChI=1S/C18H16FN7O/c19-12-3-4-24(8-12)17-2-1-13(7-22-17)26-9-15-16(23-26)10-25(18(15)27)14-5-20-11-21-6-14/h1-2,5-7,9,11-12H,3-4,8,10H2/t12-/m0/s1. The number of anilines is 2. The predicted octanol–water partition coefficient (Wildman–Crippen LogP) is 1.77. The molecule has 0 spiro atoms. The first-order valence-corrected chi connectivity index (χ1v) is 8.70. The molecule has 136 valence electrons. The quantitative estimate of drug-likeness (QED) is 0.704. The molecule has 0 N–H and O–H groups in total. The van der Waals surface area contributed by atoms with Gasteiger partial charge in [0.1, 0.15) is 18.3 Å². The van der Waals surface area contributed by atoms with E-state index in [1.165, 1.54) is 6.33 Å². The maximum atomic E-state index is 13.4. The Balaban J connectivity index is 1.37. The van der Waals surface area contributed by atoms with Gasteiger partial charge in [0.2, 0.25) is 0 Å². The van der Waals surface area contributed by atoms with Crippen LogP contribution in [0.5, 0.6) is 0 Å². The Hall–Kier alpha value is -3.36. The van der Waals surface area contributed by atoms with E-state index in [0.717, 1.165) is 11.5 Å². The minimum atomic E-state index is -0.787. The highest BCUT2D eigenvalue weighted by Crippen LogP contribution is 2.27. The van der Waals surface area contributed by atoms with Crippen molar-refractivity contribution in [2.75, 3.05) is 22.9 Å². The van der Waals surface area contributed by atoms with Crippen LogP contribution in [0.2, 0.25) is 0 Å². The Kier molecular flexibility index (Phi) is 3.59. The van der Waals surface area contributed by atoms with Crippen LogP contribution in [0.15, 0.2) is 43.2 Å². The third kappa shape index (κ3) is 2.71. The largest absolute Gasteiger partial charge is 0.354 e. The summed E-state index contributed by atoms with van der Waals surface area (Å²) >= 11 is 0. The zero-order valence-electron chi connectivity index (χ0n) is 14.4. The topological polar surface area (TPSA) is 80.0 Å². The molecule has 0 radical (unpaired) electrons. The second kappa shape index (κ2) is 6.11. The molecule has 0 saturated carbocycles. The van der Waals surface area contributed by atoms with Crippen LogP contribution < -0.4 is 9.80 Å². The number of hydrogen-bond acceptors (Lipinski definition) is 6. The van der Waals surface area contributed by atoms with Crippen molar-refractivity contribution in [1.29, 1.82) is 0 Å². The number of hydrogen-bond donors (Lipinski definition) is 0. The van der Waals surface area contributed by atoms with Crippen LogP contribution in [-0.2, 0) is 6.54 Å². The first kappa shape index (κ1) is 15.9. The lowest BCUT2D eigenvalue weighted by Gasteiger charge is -2.16. The van der Waals surface area contributed by atoms with Gasteiger partial charge in [-0.05, 0) is 18.6 Å². The van der Waals surface area contributed by atoms with Crippen molar-refractivity contribution >= 4 is 17.4 Å². The second-order valence-electron chi connectivity index (χ2n) is 6.63. The van der Waals surface area contributed by atoms with Gasteiger partial charge in [-0.2, -0.15) is 5.10 Å². The molecule has 0 aromatic carbocycles. The lowest BCUT2D eigenvalue weighted by atomic mass is 10.3. The highest BCUT2D eigenvalue weighted by molar-refractivity contribution is 6.09. The molecular weight excluding hydrogens is 349 g/mol. The van der Waals surface area contributed by atoms with E-state index < -0.39 is 6.17 Å². The molecule has 0 unspecified atom stereocenters. The van der Waals surface area contributed by atoms with Gasteiger partial charge in [0.05, 0.1) is 54.3 Å². The van der Waals surface area contributed by atoms with E-state index >= 15 is 0 Å². The molecule has 3 aromatic heterocycles. The molecular formula is C18H16FN7O. The summed E-state index contributed by atoms with van der Waals surface area (Å²) in [5.41, 5.74) is 2.66. The maximum absolute atomic E-state index is 13.4. The minimum Gasteiger partial charge on any atom is -0.354 e. The molecule has 1 fully saturated rings. The number of amides is 1. The van der Waals surface area contributed by atoms with Gasteiger partial charge in [0, 0.05) is 12.7 Å². The van der Waals surface area contributed by atoms with Crippen LogP contribution in [0.3, 0.4) is 0 Å². The van der Waals surface area contributed by atoms with Crippen LogP contribution in [0.25, 0.3) is 5.69 Å². The van der Waals surface area contributed by atoms with Gasteiger partial charge in [-0.3, -0.25) is 9.69 Å². The summed E-state index contributed by atoms with van der Waals surface area (Å²) in [4.78, 5) is 28.5. The molecule has 8 nitrogen and oxygen atoms in total. The van der Waals surface area contributed by atoms with Crippen molar-refractivity contribution in [1.82, 2.24) is 24.7 Å². The van der Waals surface area contributed by atoms with Crippen molar-refractivity contribution in [3.05, 3.63) is 54.5 Å². The van der Waals surface area contributed by atoms with E-state index in [1.54, 1.807) is 34.4 Å². The fraction of sp³-hybridized carbons (Fsp3) is 0.278. The monoisotopic (exact) mass is 365 g/mol. The molecule has 1 saturated heterocycles. The summed E-state index contributed by atoms with van der Waals surface area (Å²) in [7, 11) is 0. The van der Waals surface area contributed by atoms with Gasteiger partial charge in [0.25, 0.3) is 5.91 Å². The van der Waals surface area contributed by atoms with E-state index in [9.17, 15) is 9.18 Å². The number of aromatic nitrogens is 5. The van der Waals surface area contributed by atoms with Crippen LogP contribution >= 0.6 is 0 Å². The zero-order chi connectivity index (χ0) is 18.4. The number of alkyl halides is 1. The van der Waals surface area contributed by atoms with Gasteiger partial charge in [-0.25, -0.2) is 24.0 Å². The lowest BCUT2D eigenvalue weighted by Crippen LogP contribution is -2.24. The van der Waals surface area contributed by atoms with E-state index in [4.69, 9.17) is 0 Å². The molecule has 9 heteroatoms.